The maximum absolute atomic E-state index is 11.6. The summed E-state index contributed by atoms with van der Waals surface area (Å²) >= 11 is 0. The number of hydrogen-bond donors (Lipinski definition) is 2. The third kappa shape index (κ3) is 3.67. The average Bonchev–Trinajstić information content (AvgIpc) is 2.98. The van der Waals surface area contributed by atoms with Gasteiger partial charge in [0.1, 0.15) is 5.82 Å². The smallest absolute Gasteiger partial charge is 0.224 e. The third-order valence-corrected chi connectivity index (χ3v) is 3.51. The highest BCUT2D eigenvalue weighted by Gasteiger charge is 2.13. The van der Waals surface area contributed by atoms with E-state index < -0.39 is 0 Å². The van der Waals surface area contributed by atoms with E-state index in [0.717, 1.165) is 24.5 Å². The van der Waals surface area contributed by atoms with E-state index in [1.807, 2.05) is 25.3 Å². The van der Waals surface area contributed by atoms with Crippen molar-refractivity contribution in [2.24, 2.45) is 11.7 Å². The van der Waals surface area contributed by atoms with Gasteiger partial charge in [-0.05, 0) is 24.5 Å². The number of amides is 1. The van der Waals surface area contributed by atoms with E-state index >= 15 is 0 Å². The Bertz CT molecular complexity index is 412. The van der Waals surface area contributed by atoms with Crippen LogP contribution in [0.15, 0.2) is 18.3 Å². The van der Waals surface area contributed by atoms with E-state index in [-0.39, 0.29) is 11.8 Å². The van der Waals surface area contributed by atoms with Gasteiger partial charge in [-0.2, -0.15) is 0 Å². The number of hydrogen-bond acceptors (Lipinski definition) is 4. The molecule has 1 saturated heterocycles. The van der Waals surface area contributed by atoms with Crippen LogP contribution in [0.2, 0.25) is 0 Å². The Kier molecular flexibility index (Phi) is 4.74. The zero-order chi connectivity index (χ0) is 13.7. The Morgan fingerprint density at radius 1 is 1.47 bits per heavy atom. The second-order valence-electron chi connectivity index (χ2n) is 5.07. The van der Waals surface area contributed by atoms with Gasteiger partial charge in [0.2, 0.25) is 5.91 Å². The summed E-state index contributed by atoms with van der Waals surface area (Å²) in [7, 11) is 0. The minimum absolute atomic E-state index is 0.00822. The quantitative estimate of drug-likeness (QED) is 0.827. The van der Waals surface area contributed by atoms with Crippen LogP contribution >= 0.6 is 0 Å². The monoisotopic (exact) mass is 262 g/mol. The van der Waals surface area contributed by atoms with Crippen LogP contribution < -0.4 is 16.0 Å². The highest BCUT2D eigenvalue weighted by molar-refractivity contribution is 5.78. The molecule has 3 N–H and O–H groups in total. The largest absolute Gasteiger partial charge is 0.357 e. The first kappa shape index (κ1) is 13.8. The van der Waals surface area contributed by atoms with E-state index in [1.165, 1.54) is 12.8 Å². The SMILES string of the molecule is CC(CN)C(=O)NCc1ccc(N2CCCC2)nc1. The fourth-order valence-electron chi connectivity index (χ4n) is 2.12. The molecule has 0 bridgehead atoms. The standard InChI is InChI=1S/C14H22N4O/c1-11(8-15)14(19)17-10-12-4-5-13(16-9-12)18-6-2-3-7-18/h4-5,9,11H,2-3,6-8,10,15H2,1H3,(H,17,19). The van der Waals surface area contributed by atoms with Gasteiger partial charge in [-0.25, -0.2) is 4.98 Å². The Morgan fingerprint density at radius 2 is 2.21 bits per heavy atom. The zero-order valence-corrected chi connectivity index (χ0v) is 11.4. The molecule has 2 heterocycles. The van der Waals surface area contributed by atoms with Crippen LogP contribution in [-0.4, -0.2) is 30.5 Å². The molecule has 1 unspecified atom stereocenters. The number of nitrogens with zero attached hydrogens (tertiary/aromatic N) is 2. The molecule has 5 heteroatoms. The predicted octanol–water partition coefficient (Wildman–Crippen LogP) is 0.893. The predicted molar refractivity (Wildman–Crippen MR) is 75.7 cm³/mol. The number of carbonyl (C=O) groups is 1. The number of rotatable bonds is 5. The van der Waals surface area contributed by atoms with Crippen molar-refractivity contribution < 1.29 is 4.79 Å². The second-order valence-corrected chi connectivity index (χ2v) is 5.07. The van der Waals surface area contributed by atoms with E-state index in [4.69, 9.17) is 5.73 Å². The summed E-state index contributed by atoms with van der Waals surface area (Å²) in [6.45, 7) is 4.90. The van der Waals surface area contributed by atoms with Gasteiger partial charge in [-0.3, -0.25) is 4.79 Å². The molecule has 0 aromatic carbocycles. The van der Waals surface area contributed by atoms with E-state index in [1.54, 1.807) is 0 Å². The number of pyridine rings is 1. The molecule has 5 nitrogen and oxygen atoms in total. The van der Waals surface area contributed by atoms with Crippen LogP contribution in [0.1, 0.15) is 25.3 Å². The van der Waals surface area contributed by atoms with Crippen LogP contribution in [0.25, 0.3) is 0 Å². The molecule has 104 valence electrons. The van der Waals surface area contributed by atoms with E-state index in [2.05, 4.69) is 15.2 Å². The van der Waals surface area contributed by atoms with Crippen molar-refractivity contribution in [3.05, 3.63) is 23.9 Å². The van der Waals surface area contributed by atoms with Gasteiger partial charge in [0, 0.05) is 38.3 Å². The summed E-state index contributed by atoms with van der Waals surface area (Å²) < 4.78 is 0. The molecule has 0 radical (unpaired) electrons. The Hall–Kier alpha value is -1.62. The number of aromatic nitrogens is 1. The summed E-state index contributed by atoms with van der Waals surface area (Å²) in [5, 5.41) is 2.87. The third-order valence-electron chi connectivity index (χ3n) is 3.51. The van der Waals surface area contributed by atoms with Crippen molar-refractivity contribution in [1.82, 2.24) is 10.3 Å². The fourth-order valence-corrected chi connectivity index (χ4v) is 2.12. The molecule has 1 aromatic heterocycles. The highest BCUT2D eigenvalue weighted by Crippen LogP contribution is 2.17. The first-order valence-electron chi connectivity index (χ1n) is 6.88. The molecular weight excluding hydrogens is 240 g/mol. The van der Waals surface area contributed by atoms with Gasteiger partial charge >= 0.3 is 0 Å². The lowest BCUT2D eigenvalue weighted by atomic mass is 10.1. The number of anilines is 1. The normalized spacial score (nSPS) is 16.4. The van der Waals surface area contributed by atoms with Gasteiger partial charge in [-0.15, -0.1) is 0 Å². The van der Waals surface area contributed by atoms with Crippen molar-refractivity contribution in [3.8, 4) is 0 Å². The molecule has 19 heavy (non-hydrogen) atoms. The molecule has 0 saturated carbocycles. The van der Waals surface area contributed by atoms with Gasteiger partial charge in [0.25, 0.3) is 0 Å². The lowest BCUT2D eigenvalue weighted by molar-refractivity contribution is -0.124. The molecule has 1 atom stereocenters. The van der Waals surface area contributed by atoms with E-state index in [0.29, 0.717) is 13.1 Å². The van der Waals surface area contributed by atoms with Crippen molar-refractivity contribution in [1.29, 1.82) is 0 Å². The zero-order valence-electron chi connectivity index (χ0n) is 11.4. The summed E-state index contributed by atoms with van der Waals surface area (Å²) in [5.41, 5.74) is 6.47. The minimum Gasteiger partial charge on any atom is -0.357 e. The molecule has 2 rings (SSSR count). The Morgan fingerprint density at radius 3 is 2.79 bits per heavy atom. The first-order chi connectivity index (χ1) is 9.20. The van der Waals surface area contributed by atoms with Crippen LogP contribution in [0, 0.1) is 5.92 Å². The fraction of sp³-hybridized carbons (Fsp3) is 0.571. The van der Waals surface area contributed by atoms with Crippen LogP contribution in [0.4, 0.5) is 5.82 Å². The van der Waals surface area contributed by atoms with Gasteiger partial charge in [-0.1, -0.05) is 13.0 Å². The summed E-state index contributed by atoms with van der Waals surface area (Å²) in [4.78, 5) is 18.3. The summed E-state index contributed by atoms with van der Waals surface area (Å²) in [6.07, 6.45) is 4.33. The lowest BCUT2D eigenvalue weighted by Gasteiger charge is -2.16. The molecular formula is C14H22N4O. The van der Waals surface area contributed by atoms with Gasteiger partial charge in [0.15, 0.2) is 0 Å². The van der Waals surface area contributed by atoms with E-state index in [9.17, 15) is 4.79 Å². The molecule has 0 spiro atoms. The van der Waals surface area contributed by atoms with Crippen molar-refractivity contribution in [2.75, 3.05) is 24.5 Å². The van der Waals surface area contributed by atoms with Crippen LogP contribution in [0.5, 0.6) is 0 Å². The molecule has 1 aromatic rings. The maximum Gasteiger partial charge on any atom is 0.224 e. The van der Waals surface area contributed by atoms with Crippen LogP contribution in [0.3, 0.4) is 0 Å². The topological polar surface area (TPSA) is 71.2 Å². The van der Waals surface area contributed by atoms with Gasteiger partial charge < -0.3 is 16.0 Å². The first-order valence-corrected chi connectivity index (χ1v) is 6.88. The minimum atomic E-state index is -0.142. The second kappa shape index (κ2) is 6.52. The molecule has 0 aliphatic carbocycles. The van der Waals surface area contributed by atoms with Crippen molar-refractivity contribution in [2.45, 2.75) is 26.3 Å². The number of nitrogens with one attached hydrogen (secondary N) is 1. The Labute approximate surface area is 114 Å². The van der Waals surface area contributed by atoms with Crippen molar-refractivity contribution >= 4 is 11.7 Å². The molecule has 1 aliphatic heterocycles. The van der Waals surface area contributed by atoms with Crippen LogP contribution in [-0.2, 0) is 11.3 Å². The average molecular weight is 262 g/mol. The van der Waals surface area contributed by atoms with Gasteiger partial charge in [0.05, 0.1) is 0 Å². The highest BCUT2D eigenvalue weighted by atomic mass is 16.1. The molecule has 1 aliphatic rings. The lowest BCUT2D eigenvalue weighted by Crippen LogP contribution is -2.32. The molecule has 1 amide bonds. The summed E-state index contributed by atoms with van der Waals surface area (Å²) in [5.74, 6) is 0.880. The number of carbonyl (C=O) groups excluding carboxylic acids is 1. The Balaban J connectivity index is 1.86. The summed E-state index contributed by atoms with van der Waals surface area (Å²) in [6, 6.07) is 4.05. The number of nitrogens with two attached hydrogens (primary N) is 1. The maximum atomic E-state index is 11.6. The van der Waals surface area contributed by atoms with Crippen molar-refractivity contribution in [3.63, 3.8) is 0 Å². The molecule has 1 fully saturated rings.